The first-order valence-corrected chi connectivity index (χ1v) is 6.76. The third kappa shape index (κ3) is 3.46. The van der Waals surface area contributed by atoms with Gasteiger partial charge in [-0.05, 0) is 30.3 Å². The van der Waals surface area contributed by atoms with Crippen LogP contribution in [0, 0.1) is 15.9 Å². The number of nitrogens with one attached hydrogen (secondary N) is 1. The predicted octanol–water partition coefficient (Wildman–Crippen LogP) is 4.76. The summed E-state index contributed by atoms with van der Waals surface area (Å²) >= 11 is 8.84. The molecule has 2 aromatic carbocycles. The van der Waals surface area contributed by atoms with E-state index < -0.39 is 10.7 Å². The summed E-state index contributed by atoms with van der Waals surface area (Å²) in [5.74, 6) is -0.503. The van der Waals surface area contributed by atoms with E-state index in [4.69, 9.17) is 11.6 Å². The number of hydrogen-bond acceptors (Lipinski definition) is 3. The molecule has 0 atom stereocenters. The molecule has 0 saturated carbocycles. The largest absolute Gasteiger partial charge is 0.378 e. The topological polar surface area (TPSA) is 55.2 Å². The Hall–Kier alpha value is -1.66. The summed E-state index contributed by atoms with van der Waals surface area (Å²) in [7, 11) is 0. The van der Waals surface area contributed by atoms with Crippen molar-refractivity contribution in [3.05, 3.63) is 67.4 Å². The molecule has 20 heavy (non-hydrogen) atoms. The fourth-order valence-electron chi connectivity index (χ4n) is 1.68. The van der Waals surface area contributed by atoms with Crippen molar-refractivity contribution in [3.8, 4) is 0 Å². The first-order chi connectivity index (χ1) is 9.47. The lowest BCUT2D eigenvalue weighted by atomic mass is 10.1. The summed E-state index contributed by atoms with van der Waals surface area (Å²) in [6.07, 6.45) is 0. The quantitative estimate of drug-likeness (QED) is 0.632. The number of nitrogens with zero attached hydrogens (tertiary/aromatic N) is 1. The van der Waals surface area contributed by atoms with Crippen LogP contribution in [0.15, 0.2) is 40.9 Å². The Balaban J connectivity index is 2.20. The highest BCUT2D eigenvalue weighted by atomic mass is 79.9. The van der Waals surface area contributed by atoms with Gasteiger partial charge in [0, 0.05) is 27.7 Å². The molecule has 0 radical (unpaired) electrons. The van der Waals surface area contributed by atoms with Crippen LogP contribution in [0.25, 0.3) is 0 Å². The number of hydrogen-bond donors (Lipinski definition) is 1. The van der Waals surface area contributed by atoms with Crippen LogP contribution in [0.2, 0.25) is 5.02 Å². The monoisotopic (exact) mass is 358 g/mol. The van der Waals surface area contributed by atoms with E-state index in [0.717, 1.165) is 0 Å². The molecular formula is C13H9BrClFN2O2. The summed E-state index contributed by atoms with van der Waals surface area (Å²) in [6.45, 7) is 0.141. The molecule has 0 aliphatic rings. The zero-order valence-corrected chi connectivity index (χ0v) is 12.4. The summed E-state index contributed by atoms with van der Waals surface area (Å²) in [5, 5.41) is 14.1. The van der Waals surface area contributed by atoms with Crippen molar-refractivity contribution in [3.63, 3.8) is 0 Å². The Bertz CT molecular complexity index is 667. The lowest BCUT2D eigenvalue weighted by Gasteiger charge is -2.08. The zero-order chi connectivity index (χ0) is 14.7. The Labute approximate surface area is 127 Å². The number of halogens is 3. The van der Waals surface area contributed by atoms with Crippen LogP contribution in [-0.4, -0.2) is 4.92 Å². The maximum Gasteiger partial charge on any atom is 0.275 e. The van der Waals surface area contributed by atoms with Crippen molar-refractivity contribution in [2.75, 3.05) is 5.32 Å². The molecule has 0 aromatic heterocycles. The van der Waals surface area contributed by atoms with Gasteiger partial charge < -0.3 is 5.32 Å². The minimum atomic E-state index is -0.503. The fourth-order valence-corrected chi connectivity index (χ4v) is 2.19. The molecule has 0 spiro atoms. The molecule has 0 aliphatic heterocycles. The van der Waals surface area contributed by atoms with Gasteiger partial charge in [-0.25, -0.2) is 4.39 Å². The minimum Gasteiger partial charge on any atom is -0.378 e. The van der Waals surface area contributed by atoms with Crippen LogP contribution in [-0.2, 0) is 6.54 Å². The Kier molecular flexibility index (Phi) is 4.57. The molecule has 4 nitrogen and oxygen atoms in total. The number of nitro benzene ring substituents is 1. The van der Waals surface area contributed by atoms with E-state index in [1.807, 2.05) is 0 Å². The number of rotatable bonds is 4. The van der Waals surface area contributed by atoms with Crippen molar-refractivity contribution in [1.82, 2.24) is 0 Å². The molecule has 2 rings (SSSR count). The minimum absolute atomic E-state index is 0.0266. The molecule has 0 unspecified atom stereocenters. The van der Waals surface area contributed by atoms with E-state index in [1.54, 1.807) is 18.2 Å². The zero-order valence-electron chi connectivity index (χ0n) is 10.1. The van der Waals surface area contributed by atoms with Crippen molar-refractivity contribution < 1.29 is 9.31 Å². The van der Waals surface area contributed by atoms with Crippen LogP contribution < -0.4 is 5.32 Å². The van der Waals surface area contributed by atoms with Crippen molar-refractivity contribution >= 4 is 38.9 Å². The lowest BCUT2D eigenvalue weighted by molar-refractivity contribution is -0.385. The Morgan fingerprint density at radius 2 is 2.05 bits per heavy atom. The number of anilines is 1. The smallest absolute Gasteiger partial charge is 0.275 e. The third-order valence-electron chi connectivity index (χ3n) is 2.64. The summed E-state index contributed by atoms with van der Waals surface area (Å²) in [6, 6.07) is 8.94. The highest BCUT2D eigenvalue weighted by Crippen LogP contribution is 2.25. The van der Waals surface area contributed by atoms with Gasteiger partial charge in [0.1, 0.15) is 5.82 Å². The second-order valence-electron chi connectivity index (χ2n) is 4.01. The molecule has 7 heteroatoms. The molecule has 0 fully saturated rings. The van der Waals surface area contributed by atoms with Gasteiger partial charge in [0.15, 0.2) is 0 Å². The van der Waals surface area contributed by atoms with Gasteiger partial charge >= 0.3 is 0 Å². The van der Waals surface area contributed by atoms with Crippen molar-refractivity contribution in [2.24, 2.45) is 0 Å². The highest BCUT2D eigenvalue weighted by molar-refractivity contribution is 9.10. The lowest BCUT2D eigenvalue weighted by Crippen LogP contribution is -2.04. The van der Waals surface area contributed by atoms with Gasteiger partial charge in [-0.2, -0.15) is 0 Å². The number of benzene rings is 2. The molecule has 0 aliphatic carbocycles. The summed E-state index contributed by atoms with van der Waals surface area (Å²) in [4.78, 5) is 10.5. The molecule has 0 bridgehead atoms. The molecule has 0 amide bonds. The molecule has 0 heterocycles. The van der Waals surface area contributed by atoms with Crippen LogP contribution in [0.1, 0.15) is 5.56 Å². The van der Waals surface area contributed by atoms with E-state index in [-0.39, 0.29) is 17.9 Å². The van der Waals surface area contributed by atoms with E-state index in [0.29, 0.717) is 15.1 Å². The first kappa shape index (κ1) is 14.7. The molecule has 0 saturated heterocycles. The maximum absolute atomic E-state index is 13.6. The summed E-state index contributed by atoms with van der Waals surface area (Å²) in [5.41, 5.74) is 0.681. The molecule has 104 valence electrons. The second kappa shape index (κ2) is 6.19. The molecule has 2 aromatic rings. The van der Waals surface area contributed by atoms with E-state index in [1.165, 1.54) is 18.2 Å². The predicted molar refractivity (Wildman–Crippen MR) is 79.5 cm³/mol. The van der Waals surface area contributed by atoms with E-state index in [9.17, 15) is 14.5 Å². The first-order valence-electron chi connectivity index (χ1n) is 5.59. The van der Waals surface area contributed by atoms with Gasteiger partial charge in [0.2, 0.25) is 0 Å². The summed E-state index contributed by atoms with van der Waals surface area (Å²) < 4.78 is 14.2. The Morgan fingerprint density at radius 1 is 1.30 bits per heavy atom. The van der Waals surface area contributed by atoms with Crippen molar-refractivity contribution in [2.45, 2.75) is 6.54 Å². The SMILES string of the molecule is O=[N+]([O-])c1cc(Br)ccc1CNc1ccc(Cl)cc1F. The van der Waals surface area contributed by atoms with Gasteiger partial charge in [0.05, 0.1) is 10.6 Å². The van der Waals surface area contributed by atoms with E-state index in [2.05, 4.69) is 21.2 Å². The average molecular weight is 360 g/mol. The van der Waals surface area contributed by atoms with Crippen molar-refractivity contribution in [1.29, 1.82) is 0 Å². The molecular weight excluding hydrogens is 351 g/mol. The highest BCUT2D eigenvalue weighted by Gasteiger charge is 2.14. The van der Waals surface area contributed by atoms with Gasteiger partial charge in [-0.3, -0.25) is 10.1 Å². The molecule has 1 N–H and O–H groups in total. The number of nitro groups is 1. The van der Waals surface area contributed by atoms with Crippen LogP contribution in [0.4, 0.5) is 15.8 Å². The van der Waals surface area contributed by atoms with Crippen LogP contribution in [0.3, 0.4) is 0 Å². The normalized spacial score (nSPS) is 10.3. The maximum atomic E-state index is 13.6. The van der Waals surface area contributed by atoms with Gasteiger partial charge in [-0.15, -0.1) is 0 Å². The van der Waals surface area contributed by atoms with Gasteiger partial charge in [0.25, 0.3) is 5.69 Å². The Morgan fingerprint density at radius 3 is 2.70 bits per heavy atom. The fraction of sp³-hybridized carbons (Fsp3) is 0.0769. The van der Waals surface area contributed by atoms with Gasteiger partial charge in [-0.1, -0.05) is 27.5 Å². The second-order valence-corrected chi connectivity index (χ2v) is 5.36. The van der Waals surface area contributed by atoms with E-state index >= 15 is 0 Å². The average Bonchev–Trinajstić information content (AvgIpc) is 2.38. The van der Waals surface area contributed by atoms with Crippen LogP contribution >= 0.6 is 27.5 Å². The van der Waals surface area contributed by atoms with Crippen LogP contribution in [0.5, 0.6) is 0 Å². The third-order valence-corrected chi connectivity index (χ3v) is 3.37. The standard InChI is InChI=1S/C13H9BrClFN2O2/c14-9-2-1-8(13(5-9)18(19)20)7-17-12-4-3-10(15)6-11(12)16/h1-6,17H,7H2.